The number of carboxylic acid groups (broad SMARTS) is 1. The van der Waals surface area contributed by atoms with Crippen molar-refractivity contribution in [2.75, 3.05) is 6.54 Å². The van der Waals surface area contributed by atoms with Crippen LogP contribution in [0.25, 0.3) is 0 Å². The summed E-state index contributed by atoms with van der Waals surface area (Å²) in [6.45, 7) is 0.221. The maximum absolute atomic E-state index is 12.6. The highest BCUT2D eigenvalue weighted by Crippen LogP contribution is 2.23. The van der Waals surface area contributed by atoms with Crippen molar-refractivity contribution >= 4 is 21.9 Å². The van der Waals surface area contributed by atoms with Crippen LogP contribution in [0.5, 0.6) is 0 Å². The Morgan fingerprint density at radius 1 is 1.57 bits per heavy atom. The monoisotopic (exact) mass is 273 g/mol. The molecule has 1 heterocycles. The van der Waals surface area contributed by atoms with Crippen LogP contribution in [0.1, 0.15) is 12.8 Å². The zero-order valence-corrected chi connectivity index (χ0v) is 8.76. The number of rotatable bonds is 3. The molecule has 0 aromatic carbocycles. The molecule has 4 nitrogen and oxygen atoms in total. The molecule has 0 bridgehead atoms. The number of alkyl halides is 3. The van der Waals surface area contributed by atoms with E-state index in [9.17, 15) is 13.6 Å². The molecule has 2 N–H and O–H groups in total. The van der Waals surface area contributed by atoms with Gasteiger partial charge in [-0.25, -0.2) is 4.79 Å². The fraction of sp³-hybridized carbons (Fsp3) is 0.857. The van der Waals surface area contributed by atoms with E-state index in [-0.39, 0.29) is 11.5 Å². The maximum atomic E-state index is 12.6. The van der Waals surface area contributed by atoms with E-state index in [1.165, 1.54) is 0 Å². The highest BCUT2D eigenvalue weighted by Gasteiger charge is 2.43. The molecule has 7 heteroatoms. The van der Waals surface area contributed by atoms with Gasteiger partial charge in [-0.2, -0.15) is 8.78 Å². The Hall–Kier alpha value is -0.270. The van der Waals surface area contributed by atoms with Gasteiger partial charge in [0.1, 0.15) is 0 Å². The first-order valence-corrected chi connectivity index (χ1v) is 5.00. The van der Waals surface area contributed by atoms with Crippen LogP contribution in [0.4, 0.5) is 8.78 Å². The number of ether oxygens (including phenoxy) is 1. The van der Waals surface area contributed by atoms with Gasteiger partial charge in [0.15, 0.2) is 0 Å². The summed E-state index contributed by atoms with van der Waals surface area (Å²) in [6, 6.07) is 0. The van der Waals surface area contributed by atoms with Gasteiger partial charge in [0.05, 0.1) is 11.1 Å². The fourth-order valence-corrected chi connectivity index (χ4v) is 1.61. The van der Waals surface area contributed by atoms with Crippen molar-refractivity contribution in [1.29, 1.82) is 0 Å². The minimum absolute atomic E-state index is 0.0841. The number of hydrogen-bond donors (Lipinski definition) is 2. The standard InChI is InChI=1S/C7H10BrF2NO3/c8-5-2-1-4(3-11-5)14-7(9,10)6(12)13/h4-5,11H,1-3H2,(H,12,13). The van der Waals surface area contributed by atoms with Gasteiger partial charge in [-0.1, -0.05) is 15.9 Å². The second-order valence-corrected chi connectivity index (χ2v) is 4.12. The highest BCUT2D eigenvalue weighted by atomic mass is 79.9. The Bertz CT molecular complexity index is 219. The molecule has 0 aliphatic carbocycles. The van der Waals surface area contributed by atoms with Gasteiger partial charge in [0.25, 0.3) is 0 Å². The lowest BCUT2D eigenvalue weighted by Crippen LogP contribution is -2.45. The van der Waals surface area contributed by atoms with Crippen LogP contribution in [0.15, 0.2) is 0 Å². The molecular formula is C7H10BrF2NO3. The van der Waals surface area contributed by atoms with Crippen molar-refractivity contribution < 1.29 is 23.4 Å². The first kappa shape index (κ1) is 11.8. The van der Waals surface area contributed by atoms with Gasteiger partial charge < -0.3 is 15.2 Å². The average molecular weight is 274 g/mol. The molecular weight excluding hydrogens is 264 g/mol. The quantitative estimate of drug-likeness (QED) is 0.599. The summed E-state index contributed by atoms with van der Waals surface area (Å²) in [7, 11) is 0. The summed E-state index contributed by atoms with van der Waals surface area (Å²) in [5.74, 6) is -2.25. The molecule has 0 radical (unpaired) electrons. The van der Waals surface area contributed by atoms with Crippen LogP contribution in [-0.4, -0.2) is 34.8 Å². The molecule has 0 aromatic rings. The zero-order chi connectivity index (χ0) is 10.8. The normalized spacial score (nSPS) is 28.8. The van der Waals surface area contributed by atoms with Crippen LogP contribution in [0, 0.1) is 0 Å². The lowest BCUT2D eigenvalue weighted by Gasteiger charge is -2.28. The van der Waals surface area contributed by atoms with Gasteiger partial charge in [-0.05, 0) is 12.8 Å². The van der Waals surface area contributed by atoms with Crippen molar-refractivity contribution in [2.45, 2.75) is 30.0 Å². The van der Waals surface area contributed by atoms with E-state index >= 15 is 0 Å². The predicted molar refractivity (Wildman–Crippen MR) is 47.4 cm³/mol. The molecule has 14 heavy (non-hydrogen) atoms. The molecule has 82 valence electrons. The molecule has 1 aliphatic rings. The number of nitrogens with one attached hydrogen (secondary N) is 1. The third-order valence-electron chi connectivity index (χ3n) is 1.87. The molecule has 2 unspecified atom stereocenters. The van der Waals surface area contributed by atoms with Gasteiger partial charge in [-0.15, -0.1) is 0 Å². The average Bonchev–Trinajstić information content (AvgIpc) is 2.08. The van der Waals surface area contributed by atoms with Crippen molar-refractivity contribution in [3.63, 3.8) is 0 Å². The molecule has 1 aliphatic heterocycles. The van der Waals surface area contributed by atoms with Crippen LogP contribution in [0.2, 0.25) is 0 Å². The minimum atomic E-state index is -4.09. The Balaban J connectivity index is 2.41. The van der Waals surface area contributed by atoms with Gasteiger partial charge in [-0.3, -0.25) is 0 Å². The van der Waals surface area contributed by atoms with Crippen LogP contribution >= 0.6 is 15.9 Å². The molecule has 1 fully saturated rings. The summed E-state index contributed by atoms with van der Waals surface area (Å²) in [4.78, 5) is 10.1. The number of carboxylic acids is 1. The number of hydrogen-bond acceptors (Lipinski definition) is 3. The van der Waals surface area contributed by atoms with Gasteiger partial charge >= 0.3 is 12.1 Å². The number of halogens is 3. The van der Waals surface area contributed by atoms with Gasteiger partial charge in [0.2, 0.25) is 0 Å². The number of carbonyl (C=O) groups is 1. The second kappa shape index (κ2) is 4.50. The SMILES string of the molecule is O=C(O)C(F)(F)OC1CCC(Br)NC1. The minimum Gasteiger partial charge on any atom is -0.475 e. The molecule has 0 amide bonds. The number of piperidine rings is 1. The predicted octanol–water partition coefficient (Wildman–Crippen LogP) is 1.15. The molecule has 0 aromatic heterocycles. The van der Waals surface area contributed by atoms with Crippen molar-refractivity contribution in [3.05, 3.63) is 0 Å². The Labute approximate surface area is 87.7 Å². The van der Waals surface area contributed by atoms with Gasteiger partial charge in [0, 0.05) is 6.54 Å². The lowest BCUT2D eigenvalue weighted by molar-refractivity contribution is -0.264. The first-order chi connectivity index (χ1) is 6.42. The van der Waals surface area contributed by atoms with Crippen molar-refractivity contribution in [2.24, 2.45) is 0 Å². The molecule has 1 saturated heterocycles. The summed E-state index contributed by atoms with van der Waals surface area (Å²) >= 11 is 3.25. The van der Waals surface area contributed by atoms with E-state index in [0.29, 0.717) is 12.8 Å². The topological polar surface area (TPSA) is 58.6 Å². The largest absolute Gasteiger partial charge is 0.475 e. The van der Waals surface area contributed by atoms with E-state index in [0.717, 1.165) is 0 Å². The van der Waals surface area contributed by atoms with E-state index < -0.39 is 18.2 Å². The fourth-order valence-electron chi connectivity index (χ4n) is 1.16. The molecule has 0 spiro atoms. The lowest BCUT2D eigenvalue weighted by atomic mass is 10.1. The smallest absolute Gasteiger partial charge is 0.456 e. The summed E-state index contributed by atoms with van der Waals surface area (Å²) in [5.41, 5.74) is 0. The van der Waals surface area contributed by atoms with E-state index in [1.807, 2.05) is 0 Å². The van der Waals surface area contributed by atoms with E-state index in [2.05, 4.69) is 26.0 Å². The van der Waals surface area contributed by atoms with Crippen LogP contribution < -0.4 is 5.32 Å². The zero-order valence-electron chi connectivity index (χ0n) is 7.17. The maximum Gasteiger partial charge on any atom is 0.456 e. The van der Waals surface area contributed by atoms with E-state index in [4.69, 9.17) is 5.11 Å². The number of aliphatic carboxylic acids is 1. The summed E-state index contributed by atoms with van der Waals surface area (Å²) < 4.78 is 29.3. The van der Waals surface area contributed by atoms with Crippen molar-refractivity contribution in [3.8, 4) is 0 Å². The molecule has 1 rings (SSSR count). The third kappa shape index (κ3) is 3.14. The molecule has 2 atom stereocenters. The van der Waals surface area contributed by atoms with Crippen LogP contribution in [-0.2, 0) is 9.53 Å². The highest BCUT2D eigenvalue weighted by molar-refractivity contribution is 9.09. The summed E-state index contributed by atoms with van der Waals surface area (Å²) in [5, 5.41) is 11.0. The second-order valence-electron chi connectivity index (χ2n) is 3.01. The molecule has 0 saturated carbocycles. The Morgan fingerprint density at radius 3 is 2.64 bits per heavy atom. The third-order valence-corrected chi connectivity index (χ3v) is 2.65. The van der Waals surface area contributed by atoms with Crippen molar-refractivity contribution in [1.82, 2.24) is 5.32 Å². The Morgan fingerprint density at radius 2 is 2.21 bits per heavy atom. The van der Waals surface area contributed by atoms with Crippen LogP contribution in [0.3, 0.4) is 0 Å². The Kier molecular flexibility index (Phi) is 3.79. The summed E-state index contributed by atoms with van der Waals surface area (Å²) in [6.07, 6.45) is -3.81. The first-order valence-electron chi connectivity index (χ1n) is 4.08. The van der Waals surface area contributed by atoms with E-state index in [1.54, 1.807) is 0 Å².